The molecule has 0 aromatic rings. The maximum absolute atomic E-state index is 9.45. The molecular weight excluding hydrogens is 180 g/mol. The summed E-state index contributed by atoms with van der Waals surface area (Å²) >= 11 is 0. The van der Waals surface area contributed by atoms with Gasteiger partial charge in [0.05, 0.1) is 12.2 Å². The quantitative estimate of drug-likeness (QED) is 0.449. The van der Waals surface area contributed by atoms with Gasteiger partial charge in [0.1, 0.15) is 0 Å². The summed E-state index contributed by atoms with van der Waals surface area (Å²) in [6, 6.07) is 0. The van der Waals surface area contributed by atoms with E-state index >= 15 is 0 Å². The van der Waals surface area contributed by atoms with Crippen molar-refractivity contribution < 1.29 is 10.2 Å². The minimum Gasteiger partial charge on any atom is -0.393 e. The van der Waals surface area contributed by atoms with Gasteiger partial charge >= 0.3 is 0 Å². The van der Waals surface area contributed by atoms with E-state index < -0.39 is 5.60 Å². The highest BCUT2D eigenvalue weighted by molar-refractivity contribution is 4.75. The molecule has 0 saturated carbocycles. The Kier molecular flexibility index (Phi) is 5.59. The van der Waals surface area contributed by atoms with Gasteiger partial charge in [0.2, 0.25) is 0 Å². The molecule has 0 aromatic heterocycles. The van der Waals surface area contributed by atoms with Crippen LogP contribution in [0.1, 0.15) is 27.7 Å². The molecule has 1 atom stereocenters. The molecule has 14 heavy (non-hydrogen) atoms. The number of hydrogen-bond donors (Lipinski definition) is 4. The van der Waals surface area contributed by atoms with E-state index in [1.807, 2.05) is 0 Å². The topological polar surface area (TPSA) is 64.5 Å². The molecule has 0 spiro atoms. The summed E-state index contributed by atoms with van der Waals surface area (Å²) in [5.74, 6) is 0. The zero-order chi connectivity index (χ0) is 11.2. The Morgan fingerprint density at radius 2 is 1.64 bits per heavy atom. The molecule has 0 rings (SSSR count). The van der Waals surface area contributed by atoms with Crippen LogP contribution < -0.4 is 10.6 Å². The molecule has 1 unspecified atom stereocenters. The fourth-order valence-electron chi connectivity index (χ4n) is 0.939. The molecular formula is C10H24N2O2. The number of rotatable bonds is 6. The SMILES string of the molecule is CC(O)(CO)CNCCNC(C)(C)C. The number of hydrogen-bond acceptors (Lipinski definition) is 4. The second-order valence-electron chi connectivity index (χ2n) is 5.01. The van der Waals surface area contributed by atoms with Gasteiger partial charge in [-0.3, -0.25) is 0 Å². The summed E-state index contributed by atoms with van der Waals surface area (Å²) in [7, 11) is 0. The molecule has 4 heteroatoms. The first-order valence-electron chi connectivity index (χ1n) is 5.06. The van der Waals surface area contributed by atoms with Crippen LogP contribution in [-0.4, -0.2) is 47.6 Å². The van der Waals surface area contributed by atoms with E-state index in [2.05, 4.69) is 31.4 Å². The smallest absolute Gasteiger partial charge is 0.0972 e. The van der Waals surface area contributed by atoms with Gasteiger partial charge in [0, 0.05) is 25.2 Å². The predicted molar refractivity (Wildman–Crippen MR) is 58.3 cm³/mol. The van der Waals surface area contributed by atoms with Crippen LogP contribution in [0.3, 0.4) is 0 Å². The van der Waals surface area contributed by atoms with Crippen molar-refractivity contribution >= 4 is 0 Å². The van der Waals surface area contributed by atoms with Crippen molar-refractivity contribution in [3.63, 3.8) is 0 Å². The molecule has 0 radical (unpaired) electrons. The van der Waals surface area contributed by atoms with Crippen molar-refractivity contribution in [1.82, 2.24) is 10.6 Å². The van der Waals surface area contributed by atoms with Gasteiger partial charge in [-0.2, -0.15) is 0 Å². The molecule has 0 aliphatic heterocycles. The van der Waals surface area contributed by atoms with Crippen molar-refractivity contribution in [2.24, 2.45) is 0 Å². The minimum atomic E-state index is -1.01. The summed E-state index contributed by atoms with van der Waals surface area (Å²) in [5.41, 5.74) is -0.886. The lowest BCUT2D eigenvalue weighted by molar-refractivity contribution is 0.00295. The lowest BCUT2D eigenvalue weighted by Crippen LogP contribution is -2.45. The zero-order valence-corrected chi connectivity index (χ0v) is 9.72. The highest BCUT2D eigenvalue weighted by Gasteiger charge is 2.17. The Morgan fingerprint density at radius 1 is 1.07 bits per heavy atom. The molecule has 0 fully saturated rings. The van der Waals surface area contributed by atoms with Crippen LogP contribution in [0, 0.1) is 0 Å². The van der Waals surface area contributed by atoms with Crippen LogP contribution in [0.2, 0.25) is 0 Å². The third-order valence-electron chi connectivity index (χ3n) is 1.80. The molecule has 0 aliphatic carbocycles. The summed E-state index contributed by atoms with van der Waals surface area (Å²) in [5, 5.41) is 24.6. The second kappa shape index (κ2) is 5.66. The van der Waals surface area contributed by atoms with E-state index in [4.69, 9.17) is 5.11 Å². The normalized spacial score (nSPS) is 16.7. The largest absolute Gasteiger partial charge is 0.393 e. The monoisotopic (exact) mass is 204 g/mol. The Labute approximate surface area is 86.7 Å². The van der Waals surface area contributed by atoms with E-state index in [-0.39, 0.29) is 12.1 Å². The van der Waals surface area contributed by atoms with Crippen LogP contribution in [0.4, 0.5) is 0 Å². The summed E-state index contributed by atoms with van der Waals surface area (Å²) in [4.78, 5) is 0. The molecule has 4 N–H and O–H groups in total. The number of aliphatic hydroxyl groups excluding tert-OH is 1. The van der Waals surface area contributed by atoms with Crippen molar-refractivity contribution in [2.45, 2.75) is 38.8 Å². The highest BCUT2D eigenvalue weighted by atomic mass is 16.3. The third-order valence-corrected chi connectivity index (χ3v) is 1.80. The third kappa shape index (κ3) is 8.44. The summed E-state index contributed by atoms with van der Waals surface area (Å²) in [6.45, 7) is 9.77. The standard InChI is InChI=1S/C10H24N2O2/c1-9(2,3)12-6-5-11-7-10(4,14)8-13/h11-14H,5-8H2,1-4H3. The lowest BCUT2D eigenvalue weighted by atomic mass is 10.1. The van der Waals surface area contributed by atoms with Gasteiger partial charge in [0.25, 0.3) is 0 Å². The molecule has 0 bridgehead atoms. The van der Waals surface area contributed by atoms with E-state index in [1.165, 1.54) is 0 Å². The Balaban J connectivity index is 3.39. The zero-order valence-electron chi connectivity index (χ0n) is 9.72. The molecule has 0 aliphatic rings. The maximum atomic E-state index is 9.45. The van der Waals surface area contributed by atoms with Gasteiger partial charge in [-0.1, -0.05) is 0 Å². The van der Waals surface area contributed by atoms with Gasteiger partial charge in [-0.05, 0) is 27.7 Å². The van der Waals surface area contributed by atoms with Crippen molar-refractivity contribution in [1.29, 1.82) is 0 Å². The van der Waals surface area contributed by atoms with Crippen LogP contribution >= 0.6 is 0 Å². The molecule has 86 valence electrons. The van der Waals surface area contributed by atoms with E-state index in [0.29, 0.717) is 6.54 Å². The number of nitrogens with one attached hydrogen (secondary N) is 2. The molecule has 0 amide bonds. The minimum absolute atomic E-state index is 0.126. The highest BCUT2D eigenvalue weighted by Crippen LogP contribution is 1.98. The molecule has 0 aromatic carbocycles. The van der Waals surface area contributed by atoms with Gasteiger partial charge in [-0.15, -0.1) is 0 Å². The first-order valence-corrected chi connectivity index (χ1v) is 5.06. The first kappa shape index (κ1) is 13.8. The summed E-state index contributed by atoms with van der Waals surface area (Å²) < 4.78 is 0. The van der Waals surface area contributed by atoms with Crippen LogP contribution in [-0.2, 0) is 0 Å². The molecule has 4 nitrogen and oxygen atoms in total. The van der Waals surface area contributed by atoms with Crippen LogP contribution in [0.25, 0.3) is 0 Å². The van der Waals surface area contributed by atoms with Crippen LogP contribution in [0.5, 0.6) is 0 Å². The predicted octanol–water partition coefficient (Wildman–Crippen LogP) is -0.293. The van der Waals surface area contributed by atoms with Gasteiger partial charge in [0.15, 0.2) is 0 Å². The van der Waals surface area contributed by atoms with E-state index in [0.717, 1.165) is 13.1 Å². The van der Waals surface area contributed by atoms with Crippen LogP contribution in [0.15, 0.2) is 0 Å². The fraction of sp³-hybridized carbons (Fsp3) is 1.00. The van der Waals surface area contributed by atoms with Crippen molar-refractivity contribution in [3.8, 4) is 0 Å². The average Bonchev–Trinajstić information content (AvgIpc) is 2.01. The molecule has 0 saturated heterocycles. The van der Waals surface area contributed by atoms with Crippen molar-refractivity contribution in [3.05, 3.63) is 0 Å². The molecule has 0 heterocycles. The van der Waals surface area contributed by atoms with E-state index in [9.17, 15) is 5.11 Å². The Morgan fingerprint density at radius 3 is 2.07 bits per heavy atom. The first-order chi connectivity index (χ1) is 6.27. The number of aliphatic hydroxyl groups is 2. The van der Waals surface area contributed by atoms with Crippen molar-refractivity contribution in [2.75, 3.05) is 26.2 Å². The lowest BCUT2D eigenvalue weighted by Gasteiger charge is -2.23. The van der Waals surface area contributed by atoms with Gasteiger partial charge < -0.3 is 20.8 Å². The van der Waals surface area contributed by atoms with E-state index in [1.54, 1.807) is 6.92 Å². The van der Waals surface area contributed by atoms with Gasteiger partial charge in [-0.25, -0.2) is 0 Å². The average molecular weight is 204 g/mol. The maximum Gasteiger partial charge on any atom is 0.0972 e. The fourth-order valence-corrected chi connectivity index (χ4v) is 0.939. The Bertz CT molecular complexity index is 153. The second-order valence-corrected chi connectivity index (χ2v) is 5.01. The summed E-state index contributed by atoms with van der Waals surface area (Å²) in [6.07, 6.45) is 0. The Hall–Kier alpha value is -0.160.